The van der Waals surface area contributed by atoms with Crippen LogP contribution in [-0.4, -0.2) is 38.5 Å². The van der Waals surface area contributed by atoms with Crippen molar-refractivity contribution in [2.45, 2.75) is 44.8 Å². The van der Waals surface area contributed by atoms with Crippen LogP contribution in [0, 0.1) is 5.92 Å². The van der Waals surface area contributed by atoms with Gasteiger partial charge in [0.15, 0.2) is 0 Å². The lowest BCUT2D eigenvalue weighted by atomic mass is 9.89. The fraction of sp³-hybridized carbons (Fsp3) is 0.571. The number of carboxylic acid groups (broad SMARTS) is 1. The van der Waals surface area contributed by atoms with Gasteiger partial charge in [-0.15, -0.1) is 0 Å². The van der Waals surface area contributed by atoms with Crippen LogP contribution in [0.15, 0.2) is 18.3 Å². The molecule has 2 fully saturated rings. The van der Waals surface area contributed by atoms with Crippen LogP contribution in [-0.2, 0) is 11.3 Å². The highest BCUT2D eigenvalue weighted by atomic mass is 16.4. The normalized spacial score (nSPS) is 28.9. The molecular formula is C14H18N2O3. The summed E-state index contributed by atoms with van der Waals surface area (Å²) >= 11 is 0. The van der Waals surface area contributed by atoms with E-state index in [1.807, 2.05) is 34.7 Å². The number of aryl methyl sites for hydroxylation is 1. The van der Waals surface area contributed by atoms with E-state index >= 15 is 0 Å². The molecule has 2 aliphatic heterocycles. The molecule has 3 unspecified atom stereocenters. The first-order chi connectivity index (χ1) is 9.13. The molecule has 5 nitrogen and oxygen atoms in total. The van der Waals surface area contributed by atoms with E-state index < -0.39 is 5.97 Å². The maximum Gasteiger partial charge on any atom is 0.308 e. The number of fused-ring (bicyclic) bond motifs is 2. The van der Waals surface area contributed by atoms with Gasteiger partial charge in [0, 0.05) is 24.8 Å². The van der Waals surface area contributed by atoms with Gasteiger partial charge in [-0.05, 0) is 38.3 Å². The summed E-state index contributed by atoms with van der Waals surface area (Å²) in [5.74, 6) is -1.16. The van der Waals surface area contributed by atoms with Gasteiger partial charge in [0.25, 0.3) is 5.91 Å². The van der Waals surface area contributed by atoms with Gasteiger partial charge >= 0.3 is 5.97 Å². The van der Waals surface area contributed by atoms with Crippen LogP contribution in [0.4, 0.5) is 0 Å². The summed E-state index contributed by atoms with van der Waals surface area (Å²) in [5.41, 5.74) is 0.672. The van der Waals surface area contributed by atoms with E-state index in [4.69, 9.17) is 0 Å². The van der Waals surface area contributed by atoms with E-state index in [9.17, 15) is 14.7 Å². The first-order valence-corrected chi connectivity index (χ1v) is 6.84. The molecule has 2 saturated heterocycles. The van der Waals surface area contributed by atoms with Crippen LogP contribution in [0.25, 0.3) is 0 Å². The van der Waals surface area contributed by atoms with Crippen LogP contribution in [0.1, 0.15) is 36.7 Å². The lowest BCUT2D eigenvalue weighted by molar-refractivity contribution is -0.142. The van der Waals surface area contributed by atoms with E-state index in [-0.39, 0.29) is 23.9 Å². The Morgan fingerprint density at radius 3 is 2.84 bits per heavy atom. The molecule has 2 bridgehead atoms. The van der Waals surface area contributed by atoms with Crippen molar-refractivity contribution < 1.29 is 14.7 Å². The number of rotatable bonds is 3. The molecule has 0 aliphatic carbocycles. The lowest BCUT2D eigenvalue weighted by Crippen LogP contribution is -2.38. The highest BCUT2D eigenvalue weighted by molar-refractivity contribution is 5.94. The Balaban J connectivity index is 1.87. The van der Waals surface area contributed by atoms with Crippen LogP contribution in [0.3, 0.4) is 0 Å². The molecule has 0 spiro atoms. The van der Waals surface area contributed by atoms with Crippen molar-refractivity contribution in [1.29, 1.82) is 0 Å². The Hall–Kier alpha value is -1.78. The number of carbonyl (C=O) groups excluding carboxylic acids is 1. The summed E-state index contributed by atoms with van der Waals surface area (Å²) in [6.07, 6.45) is 4.26. The van der Waals surface area contributed by atoms with Crippen molar-refractivity contribution in [3.8, 4) is 0 Å². The smallest absolute Gasteiger partial charge is 0.308 e. The van der Waals surface area contributed by atoms with Crippen molar-refractivity contribution in [2.24, 2.45) is 5.92 Å². The predicted octanol–water partition coefficient (Wildman–Crippen LogP) is 1.59. The average Bonchev–Trinajstić information content (AvgIpc) is 3.11. The van der Waals surface area contributed by atoms with E-state index in [0.717, 1.165) is 19.4 Å². The molecule has 5 heteroatoms. The molecule has 19 heavy (non-hydrogen) atoms. The Kier molecular flexibility index (Phi) is 2.84. The number of carboxylic acids is 1. The number of carbonyl (C=O) groups is 2. The van der Waals surface area contributed by atoms with Crippen LogP contribution in [0.2, 0.25) is 0 Å². The molecule has 102 valence electrons. The Morgan fingerprint density at radius 2 is 2.21 bits per heavy atom. The Labute approximate surface area is 111 Å². The van der Waals surface area contributed by atoms with Crippen molar-refractivity contribution in [2.75, 3.05) is 0 Å². The largest absolute Gasteiger partial charge is 0.481 e. The van der Waals surface area contributed by atoms with Crippen molar-refractivity contribution in [1.82, 2.24) is 9.47 Å². The molecule has 1 aromatic rings. The second kappa shape index (κ2) is 4.40. The van der Waals surface area contributed by atoms with E-state index in [1.54, 1.807) is 0 Å². The summed E-state index contributed by atoms with van der Waals surface area (Å²) < 4.78 is 1.91. The predicted molar refractivity (Wildman–Crippen MR) is 68.8 cm³/mol. The quantitative estimate of drug-likeness (QED) is 0.899. The topological polar surface area (TPSA) is 62.5 Å². The number of nitrogens with zero attached hydrogens (tertiary/aromatic N) is 2. The maximum absolute atomic E-state index is 12.6. The van der Waals surface area contributed by atoms with Gasteiger partial charge in [0.2, 0.25) is 0 Å². The molecule has 0 radical (unpaired) electrons. The minimum atomic E-state index is -0.768. The SMILES string of the molecule is CCn1cccc1C(=O)N1C2CCC1C(C(=O)O)C2. The third-order valence-electron chi connectivity index (χ3n) is 4.48. The van der Waals surface area contributed by atoms with Gasteiger partial charge in [-0.2, -0.15) is 0 Å². The molecule has 1 aromatic heterocycles. The summed E-state index contributed by atoms with van der Waals surface area (Å²) in [4.78, 5) is 25.7. The summed E-state index contributed by atoms with van der Waals surface area (Å²) in [5, 5.41) is 9.22. The molecule has 0 saturated carbocycles. The van der Waals surface area contributed by atoms with E-state index in [2.05, 4.69) is 0 Å². The van der Waals surface area contributed by atoms with Crippen LogP contribution >= 0.6 is 0 Å². The number of hydrogen-bond acceptors (Lipinski definition) is 2. The van der Waals surface area contributed by atoms with Gasteiger partial charge in [-0.3, -0.25) is 9.59 Å². The molecule has 3 rings (SSSR count). The third-order valence-corrected chi connectivity index (χ3v) is 4.48. The minimum absolute atomic E-state index is 0.0110. The summed E-state index contributed by atoms with van der Waals surface area (Å²) in [6, 6.07) is 3.68. The van der Waals surface area contributed by atoms with Gasteiger partial charge in [-0.1, -0.05) is 0 Å². The lowest BCUT2D eigenvalue weighted by Gasteiger charge is -2.23. The molecule has 2 aliphatic rings. The second-order valence-electron chi connectivity index (χ2n) is 5.37. The molecule has 3 atom stereocenters. The minimum Gasteiger partial charge on any atom is -0.481 e. The molecule has 1 amide bonds. The molecule has 1 N–H and O–H groups in total. The summed E-state index contributed by atoms with van der Waals surface area (Å²) in [7, 11) is 0. The zero-order chi connectivity index (χ0) is 13.6. The van der Waals surface area contributed by atoms with Crippen molar-refractivity contribution >= 4 is 11.9 Å². The number of aliphatic carboxylic acids is 1. The molecular weight excluding hydrogens is 244 g/mol. The van der Waals surface area contributed by atoms with Gasteiger partial charge in [0.1, 0.15) is 5.69 Å². The van der Waals surface area contributed by atoms with Gasteiger partial charge in [0.05, 0.1) is 5.92 Å². The zero-order valence-electron chi connectivity index (χ0n) is 11.0. The molecule has 3 heterocycles. The fourth-order valence-electron chi connectivity index (χ4n) is 3.59. The summed E-state index contributed by atoms with van der Waals surface area (Å²) in [6.45, 7) is 2.75. The number of aromatic nitrogens is 1. The van der Waals surface area contributed by atoms with Crippen LogP contribution < -0.4 is 0 Å². The van der Waals surface area contributed by atoms with Crippen molar-refractivity contribution in [3.63, 3.8) is 0 Å². The number of amides is 1. The van der Waals surface area contributed by atoms with Crippen LogP contribution in [0.5, 0.6) is 0 Å². The molecule has 0 aromatic carbocycles. The fourth-order valence-corrected chi connectivity index (χ4v) is 3.59. The zero-order valence-corrected chi connectivity index (χ0v) is 11.0. The highest BCUT2D eigenvalue weighted by Gasteiger charge is 2.51. The average molecular weight is 262 g/mol. The third kappa shape index (κ3) is 1.76. The highest BCUT2D eigenvalue weighted by Crippen LogP contribution is 2.42. The first-order valence-electron chi connectivity index (χ1n) is 6.84. The Bertz CT molecular complexity index is 523. The standard InChI is InChI=1S/C14H18N2O3/c1-2-15-7-3-4-12(15)13(17)16-9-5-6-11(16)10(8-9)14(18)19/h3-4,7,9-11H,2,5-6,8H2,1H3,(H,18,19). The maximum atomic E-state index is 12.6. The number of hydrogen-bond donors (Lipinski definition) is 1. The second-order valence-corrected chi connectivity index (χ2v) is 5.37. The Morgan fingerprint density at radius 1 is 1.42 bits per heavy atom. The van der Waals surface area contributed by atoms with Gasteiger partial charge < -0.3 is 14.6 Å². The van der Waals surface area contributed by atoms with Crippen molar-refractivity contribution in [3.05, 3.63) is 24.0 Å². The monoisotopic (exact) mass is 262 g/mol. The first kappa shape index (κ1) is 12.3. The van der Waals surface area contributed by atoms with E-state index in [1.165, 1.54) is 0 Å². The van der Waals surface area contributed by atoms with Gasteiger partial charge in [-0.25, -0.2) is 0 Å². The van der Waals surface area contributed by atoms with E-state index in [0.29, 0.717) is 12.1 Å².